The van der Waals surface area contributed by atoms with Crippen LogP contribution in [0.5, 0.6) is 0 Å². The van der Waals surface area contributed by atoms with E-state index in [2.05, 4.69) is 37.7 Å². The number of aromatic nitrogens is 3. The first-order valence-corrected chi connectivity index (χ1v) is 11.9. The highest BCUT2D eigenvalue weighted by Crippen LogP contribution is 2.27. The molecule has 0 atom stereocenters. The van der Waals surface area contributed by atoms with E-state index in [-0.39, 0.29) is 0 Å². The van der Waals surface area contributed by atoms with Crippen molar-refractivity contribution in [1.29, 1.82) is 0 Å². The smallest absolute Gasteiger partial charge is 0.153 e. The first-order chi connectivity index (χ1) is 15.3. The second kappa shape index (κ2) is 9.41. The Morgan fingerprint density at radius 3 is 2.48 bits per heavy atom. The molecule has 0 bridgehead atoms. The molecule has 0 saturated carbocycles. The van der Waals surface area contributed by atoms with Crippen LogP contribution in [0.1, 0.15) is 36.2 Å². The molecule has 0 unspecified atom stereocenters. The molecule has 3 aromatic rings. The number of hydrogen-bond acceptors (Lipinski definition) is 4. The Kier molecular flexibility index (Phi) is 6.23. The minimum Gasteiger partial charge on any atom is -0.369 e. The number of rotatable bonds is 6. The zero-order valence-corrected chi connectivity index (χ0v) is 18.8. The second-order valence-corrected chi connectivity index (χ2v) is 9.02. The standard InChI is InChI=1S/C25H30ClN5/c26-20-10-12-21(13-11-20)30-18-16-29(17-19-30)15-5-8-24-22-6-1-2-7-23(22)28-31(24)25-9-3-4-14-27-25/h3-4,9-14H,1-2,5-8,15-19H2. The van der Waals surface area contributed by atoms with Crippen molar-refractivity contribution in [2.24, 2.45) is 0 Å². The molecule has 1 fully saturated rings. The summed E-state index contributed by atoms with van der Waals surface area (Å²) in [5.74, 6) is 0.948. The van der Waals surface area contributed by atoms with Crippen molar-refractivity contribution >= 4 is 17.3 Å². The van der Waals surface area contributed by atoms with E-state index in [1.54, 1.807) is 0 Å². The number of hydrogen-bond donors (Lipinski definition) is 0. The van der Waals surface area contributed by atoms with Gasteiger partial charge in [0.1, 0.15) is 0 Å². The summed E-state index contributed by atoms with van der Waals surface area (Å²) < 4.78 is 2.12. The monoisotopic (exact) mass is 435 g/mol. The Bertz CT molecular complexity index is 991. The predicted octanol–water partition coefficient (Wildman–Crippen LogP) is 4.55. The molecule has 5 rings (SSSR count). The lowest BCUT2D eigenvalue weighted by Crippen LogP contribution is -2.46. The molecule has 1 aliphatic carbocycles. The van der Waals surface area contributed by atoms with Gasteiger partial charge < -0.3 is 4.90 Å². The van der Waals surface area contributed by atoms with Crippen LogP contribution >= 0.6 is 11.6 Å². The van der Waals surface area contributed by atoms with Crippen molar-refractivity contribution < 1.29 is 0 Å². The average molecular weight is 436 g/mol. The van der Waals surface area contributed by atoms with Crippen molar-refractivity contribution in [3.8, 4) is 5.82 Å². The summed E-state index contributed by atoms with van der Waals surface area (Å²) in [4.78, 5) is 9.63. The molecule has 0 spiro atoms. The molecule has 5 nitrogen and oxygen atoms in total. The normalized spacial score (nSPS) is 17.0. The van der Waals surface area contributed by atoms with Crippen LogP contribution in [-0.4, -0.2) is 52.4 Å². The van der Waals surface area contributed by atoms with E-state index < -0.39 is 0 Å². The first-order valence-electron chi connectivity index (χ1n) is 11.5. The highest BCUT2D eigenvalue weighted by atomic mass is 35.5. The van der Waals surface area contributed by atoms with Gasteiger partial charge in [0.25, 0.3) is 0 Å². The molecule has 0 amide bonds. The zero-order valence-electron chi connectivity index (χ0n) is 18.0. The lowest BCUT2D eigenvalue weighted by molar-refractivity contribution is 0.254. The molecule has 2 aromatic heterocycles. The fourth-order valence-electron chi connectivity index (χ4n) is 4.90. The summed E-state index contributed by atoms with van der Waals surface area (Å²) in [5.41, 5.74) is 5.44. The summed E-state index contributed by atoms with van der Waals surface area (Å²) in [6.45, 7) is 5.50. The van der Waals surface area contributed by atoms with Gasteiger partial charge in [-0.2, -0.15) is 5.10 Å². The summed E-state index contributed by atoms with van der Waals surface area (Å²) >= 11 is 6.03. The Labute approximate surface area is 189 Å². The van der Waals surface area contributed by atoms with Gasteiger partial charge >= 0.3 is 0 Å². The van der Waals surface area contributed by atoms with E-state index in [1.165, 1.54) is 35.5 Å². The highest BCUT2D eigenvalue weighted by molar-refractivity contribution is 6.30. The minimum atomic E-state index is 0.800. The molecule has 1 aromatic carbocycles. The van der Waals surface area contributed by atoms with Gasteiger partial charge in [0.15, 0.2) is 5.82 Å². The first kappa shape index (κ1) is 20.5. The summed E-state index contributed by atoms with van der Waals surface area (Å²) in [6.07, 6.45) is 8.89. The second-order valence-electron chi connectivity index (χ2n) is 8.59. The molecular weight excluding hydrogens is 406 g/mol. The SMILES string of the molecule is Clc1ccc(N2CCN(CCCc3c4c(nn3-c3ccccn3)CCCC4)CC2)cc1. The molecule has 31 heavy (non-hydrogen) atoms. The van der Waals surface area contributed by atoms with E-state index in [4.69, 9.17) is 16.7 Å². The molecule has 1 aliphatic heterocycles. The number of anilines is 1. The van der Waals surface area contributed by atoms with Gasteiger partial charge in [-0.3, -0.25) is 4.90 Å². The molecule has 0 N–H and O–H groups in total. The van der Waals surface area contributed by atoms with Gasteiger partial charge in [0, 0.05) is 48.8 Å². The Morgan fingerprint density at radius 1 is 0.903 bits per heavy atom. The number of aryl methyl sites for hydroxylation is 1. The van der Waals surface area contributed by atoms with Crippen LogP contribution in [0.4, 0.5) is 5.69 Å². The minimum absolute atomic E-state index is 0.800. The van der Waals surface area contributed by atoms with Gasteiger partial charge in [-0.05, 0) is 87.0 Å². The van der Waals surface area contributed by atoms with Crippen molar-refractivity contribution in [2.45, 2.75) is 38.5 Å². The largest absolute Gasteiger partial charge is 0.369 e. The van der Waals surface area contributed by atoms with Gasteiger partial charge in [-0.1, -0.05) is 17.7 Å². The quantitative estimate of drug-likeness (QED) is 0.569. The van der Waals surface area contributed by atoms with Crippen LogP contribution in [0.2, 0.25) is 5.02 Å². The van der Waals surface area contributed by atoms with Crippen molar-refractivity contribution in [2.75, 3.05) is 37.6 Å². The third-order valence-electron chi connectivity index (χ3n) is 6.58. The molecule has 1 saturated heterocycles. The molecule has 2 aliphatic rings. The van der Waals surface area contributed by atoms with Gasteiger partial charge in [-0.25, -0.2) is 9.67 Å². The van der Waals surface area contributed by atoms with E-state index in [9.17, 15) is 0 Å². The lowest BCUT2D eigenvalue weighted by Gasteiger charge is -2.36. The zero-order chi connectivity index (χ0) is 21.0. The lowest BCUT2D eigenvalue weighted by atomic mass is 9.94. The number of benzene rings is 1. The van der Waals surface area contributed by atoms with Crippen molar-refractivity contribution in [3.63, 3.8) is 0 Å². The van der Waals surface area contributed by atoms with Crippen LogP contribution < -0.4 is 4.90 Å². The average Bonchev–Trinajstić information content (AvgIpc) is 3.19. The number of halogens is 1. The van der Waals surface area contributed by atoms with Crippen molar-refractivity contribution in [1.82, 2.24) is 19.7 Å². The molecule has 3 heterocycles. The molecule has 162 valence electrons. The number of pyridine rings is 1. The molecular formula is C25H30ClN5. The van der Waals surface area contributed by atoms with Crippen LogP contribution in [-0.2, 0) is 19.3 Å². The predicted molar refractivity (Wildman–Crippen MR) is 126 cm³/mol. The number of nitrogens with zero attached hydrogens (tertiary/aromatic N) is 5. The Hall–Kier alpha value is -2.37. The molecule has 6 heteroatoms. The summed E-state index contributed by atoms with van der Waals surface area (Å²) in [6, 6.07) is 14.3. The van der Waals surface area contributed by atoms with Crippen LogP contribution in [0.25, 0.3) is 5.82 Å². The third kappa shape index (κ3) is 4.63. The van der Waals surface area contributed by atoms with Gasteiger partial charge in [0.05, 0.1) is 5.69 Å². The maximum atomic E-state index is 6.03. The van der Waals surface area contributed by atoms with E-state index in [1.807, 2.05) is 30.5 Å². The van der Waals surface area contributed by atoms with Gasteiger partial charge in [0.2, 0.25) is 0 Å². The van der Waals surface area contributed by atoms with E-state index in [0.29, 0.717) is 0 Å². The van der Waals surface area contributed by atoms with Gasteiger partial charge in [-0.15, -0.1) is 0 Å². The van der Waals surface area contributed by atoms with E-state index in [0.717, 1.165) is 69.2 Å². The van der Waals surface area contributed by atoms with Crippen LogP contribution in [0.15, 0.2) is 48.7 Å². The third-order valence-corrected chi connectivity index (χ3v) is 6.83. The topological polar surface area (TPSA) is 37.2 Å². The Morgan fingerprint density at radius 2 is 1.71 bits per heavy atom. The van der Waals surface area contributed by atoms with Crippen LogP contribution in [0, 0.1) is 0 Å². The Balaban J connectivity index is 1.20. The van der Waals surface area contributed by atoms with Crippen molar-refractivity contribution in [3.05, 3.63) is 70.6 Å². The molecule has 0 radical (unpaired) electrons. The summed E-state index contributed by atoms with van der Waals surface area (Å²) in [5, 5.41) is 5.76. The fraction of sp³-hybridized carbons (Fsp3) is 0.440. The number of fused-ring (bicyclic) bond motifs is 1. The number of piperazine rings is 1. The fourth-order valence-corrected chi connectivity index (χ4v) is 5.02. The summed E-state index contributed by atoms with van der Waals surface area (Å²) in [7, 11) is 0. The maximum absolute atomic E-state index is 6.03. The highest BCUT2D eigenvalue weighted by Gasteiger charge is 2.22. The van der Waals surface area contributed by atoms with E-state index >= 15 is 0 Å². The van der Waals surface area contributed by atoms with Crippen LogP contribution in [0.3, 0.4) is 0 Å². The maximum Gasteiger partial charge on any atom is 0.153 e.